The van der Waals surface area contributed by atoms with E-state index in [-0.39, 0.29) is 11.5 Å². The molecule has 0 saturated carbocycles. The minimum atomic E-state index is -0.849. The van der Waals surface area contributed by atoms with Crippen molar-refractivity contribution >= 4 is 17.0 Å². The summed E-state index contributed by atoms with van der Waals surface area (Å²) in [5, 5.41) is 0. The van der Waals surface area contributed by atoms with Gasteiger partial charge in [-0.25, -0.2) is 4.98 Å². The van der Waals surface area contributed by atoms with Gasteiger partial charge in [0, 0.05) is 6.42 Å². The number of rotatable bonds is 2. The monoisotopic (exact) mass is 311 g/mol. The number of nitrogen functional groups attached to an aromatic ring is 1. The Morgan fingerprint density at radius 1 is 1.04 bits per heavy atom. The Bertz CT molecular complexity index is 871. The number of aromatic amines is 1. The first-order valence-electron chi connectivity index (χ1n) is 7.97. The van der Waals surface area contributed by atoms with Crippen LogP contribution < -0.4 is 5.73 Å². The van der Waals surface area contributed by atoms with Crippen LogP contribution in [-0.2, 0) is 19.3 Å². The van der Waals surface area contributed by atoms with Crippen LogP contribution in [0.1, 0.15) is 41.8 Å². The number of halogens is 1. The van der Waals surface area contributed by atoms with Crippen LogP contribution in [0.2, 0.25) is 0 Å². The molecule has 0 fully saturated rings. The van der Waals surface area contributed by atoms with E-state index in [4.69, 9.17) is 5.73 Å². The van der Waals surface area contributed by atoms with E-state index in [0.717, 1.165) is 12.2 Å². The molecule has 0 saturated heterocycles. The van der Waals surface area contributed by atoms with Crippen molar-refractivity contribution in [2.24, 2.45) is 0 Å². The Hall–Kier alpha value is -2.50. The van der Waals surface area contributed by atoms with Gasteiger partial charge < -0.3 is 10.7 Å². The Kier molecular flexibility index (Phi) is 3.44. The molecule has 0 bridgehead atoms. The normalized spacial score (nSPS) is 14.7. The Morgan fingerprint density at radius 3 is 2.74 bits per heavy atom. The molecule has 2 aromatic heterocycles. The van der Waals surface area contributed by atoms with Crippen molar-refractivity contribution < 1.29 is 4.39 Å². The highest BCUT2D eigenvalue weighted by atomic mass is 19.1. The molecule has 4 rings (SSSR count). The van der Waals surface area contributed by atoms with Crippen LogP contribution in [0.3, 0.4) is 0 Å². The molecule has 1 aliphatic carbocycles. The number of nitrogens with one attached hydrogen (secondary N) is 1. The minimum absolute atomic E-state index is 0.0909. The van der Waals surface area contributed by atoms with Crippen molar-refractivity contribution in [3.63, 3.8) is 0 Å². The first-order valence-corrected chi connectivity index (χ1v) is 7.97. The molecule has 0 spiro atoms. The van der Waals surface area contributed by atoms with Crippen LogP contribution in [0.15, 0.2) is 18.2 Å². The molecule has 0 atom stereocenters. The maximum atomic E-state index is 13.2. The van der Waals surface area contributed by atoms with E-state index in [0.29, 0.717) is 11.9 Å². The fourth-order valence-electron chi connectivity index (χ4n) is 3.29. The average molecular weight is 311 g/mol. The number of nitrogens with two attached hydrogens (primary N) is 1. The number of aryl methyl sites for hydroxylation is 2. The molecule has 23 heavy (non-hydrogen) atoms. The summed E-state index contributed by atoms with van der Waals surface area (Å²) in [5.41, 5.74) is 10.6. The highest BCUT2D eigenvalue weighted by molar-refractivity contribution is 5.81. The highest BCUT2D eigenvalue weighted by Crippen LogP contribution is 2.23. The summed E-state index contributed by atoms with van der Waals surface area (Å²) in [4.78, 5) is 14.6. The number of fused-ring (bicyclic) bond motifs is 2. The highest BCUT2D eigenvalue weighted by Gasteiger charge is 2.12. The smallest absolute Gasteiger partial charge is 0.312 e. The van der Waals surface area contributed by atoms with Crippen molar-refractivity contribution in [1.82, 2.24) is 19.9 Å². The van der Waals surface area contributed by atoms with Gasteiger partial charge in [0.05, 0.1) is 0 Å². The van der Waals surface area contributed by atoms with Gasteiger partial charge in [0.25, 0.3) is 0 Å². The molecular formula is C17H18FN5. The fourth-order valence-corrected chi connectivity index (χ4v) is 3.29. The summed E-state index contributed by atoms with van der Waals surface area (Å²) in [6.07, 6.45) is 5.95. The van der Waals surface area contributed by atoms with Crippen LogP contribution >= 0.6 is 0 Å². The zero-order chi connectivity index (χ0) is 15.8. The second-order valence-electron chi connectivity index (χ2n) is 6.10. The average Bonchev–Trinajstić information content (AvgIpc) is 2.77. The number of imidazole rings is 1. The fraction of sp³-hybridized carbons (Fsp3) is 0.353. The van der Waals surface area contributed by atoms with Gasteiger partial charge in [0.2, 0.25) is 0 Å². The Morgan fingerprint density at radius 2 is 1.87 bits per heavy atom. The summed E-state index contributed by atoms with van der Waals surface area (Å²) < 4.78 is 13.2. The van der Waals surface area contributed by atoms with Crippen molar-refractivity contribution in [2.45, 2.75) is 38.5 Å². The van der Waals surface area contributed by atoms with Gasteiger partial charge in [-0.15, -0.1) is 0 Å². The Balaban J connectivity index is 1.65. The summed E-state index contributed by atoms with van der Waals surface area (Å²) >= 11 is 0. The van der Waals surface area contributed by atoms with Crippen molar-refractivity contribution in [1.29, 1.82) is 0 Å². The number of aromatic nitrogens is 4. The molecule has 0 aliphatic heterocycles. The van der Waals surface area contributed by atoms with E-state index in [9.17, 15) is 4.39 Å². The predicted octanol–water partition coefficient (Wildman–Crippen LogP) is 2.93. The lowest BCUT2D eigenvalue weighted by atomic mass is 9.99. The molecule has 0 radical (unpaired) electrons. The molecule has 5 nitrogen and oxygen atoms in total. The standard InChI is InChI=1S/C17H18FN5/c18-17-22-15(19)14-16(23-17)21-13(20-14)9-10-6-7-11-4-2-1-3-5-12(11)8-10/h6-8H,1-5,9H2,(H3,19,20,21,22,23). The predicted molar refractivity (Wildman–Crippen MR) is 86.6 cm³/mol. The second kappa shape index (κ2) is 5.61. The molecule has 2 heterocycles. The zero-order valence-electron chi connectivity index (χ0n) is 12.8. The molecule has 1 aromatic carbocycles. The number of hydrogen-bond donors (Lipinski definition) is 2. The number of hydrogen-bond acceptors (Lipinski definition) is 4. The molecule has 118 valence electrons. The lowest BCUT2D eigenvalue weighted by Crippen LogP contribution is -1.97. The minimum Gasteiger partial charge on any atom is -0.382 e. The SMILES string of the molecule is Nc1nc(F)nc2nc(Cc3ccc4c(c3)CCCCC4)[nH]c12. The third kappa shape index (κ3) is 2.76. The van der Waals surface area contributed by atoms with E-state index >= 15 is 0 Å². The first-order chi connectivity index (χ1) is 11.2. The summed E-state index contributed by atoms with van der Waals surface area (Å²) in [6, 6.07) is 6.64. The number of H-pyrrole nitrogens is 1. The molecule has 3 aromatic rings. The van der Waals surface area contributed by atoms with Crippen molar-refractivity contribution in [2.75, 3.05) is 5.73 Å². The second-order valence-corrected chi connectivity index (χ2v) is 6.10. The lowest BCUT2D eigenvalue weighted by molar-refractivity contribution is 0.545. The summed E-state index contributed by atoms with van der Waals surface area (Å²) in [6.45, 7) is 0. The quantitative estimate of drug-likeness (QED) is 0.563. The molecular weight excluding hydrogens is 293 g/mol. The van der Waals surface area contributed by atoms with Crippen LogP contribution in [0.5, 0.6) is 0 Å². The van der Waals surface area contributed by atoms with Crippen LogP contribution in [0, 0.1) is 6.08 Å². The Labute approximate surface area is 133 Å². The largest absolute Gasteiger partial charge is 0.382 e. The van der Waals surface area contributed by atoms with E-state index in [2.05, 4.69) is 38.1 Å². The molecule has 1 aliphatic rings. The number of anilines is 1. The summed E-state index contributed by atoms with van der Waals surface area (Å²) in [5.74, 6) is 0.813. The van der Waals surface area contributed by atoms with Gasteiger partial charge in [-0.1, -0.05) is 24.6 Å². The van der Waals surface area contributed by atoms with E-state index in [1.165, 1.54) is 42.4 Å². The van der Waals surface area contributed by atoms with Crippen LogP contribution in [0.25, 0.3) is 11.2 Å². The number of nitrogens with zero attached hydrogens (tertiary/aromatic N) is 3. The zero-order valence-corrected chi connectivity index (χ0v) is 12.8. The van der Waals surface area contributed by atoms with Crippen molar-refractivity contribution in [3.05, 3.63) is 46.8 Å². The number of benzene rings is 1. The van der Waals surface area contributed by atoms with E-state index in [1.54, 1.807) is 0 Å². The third-order valence-corrected chi connectivity index (χ3v) is 4.44. The van der Waals surface area contributed by atoms with Gasteiger partial charge in [-0.05, 0) is 42.4 Å². The van der Waals surface area contributed by atoms with Gasteiger partial charge in [-0.3, -0.25) is 0 Å². The van der Waals surface area contributed by atoms with Gasteiger partial charge in [0.1, 0.15) is 11.3 Å². The first kappa shape index (κ1) is 14.1. The van der Waals surface area contributed by atoms with Crippen LogP contribution in [-0.4, -0.2) is 19.9 Å². The molecule has 6 heteroatoms. The summed E-state index contributed by atoms with van der Waals surface area (Å²) in [7, 11) is 0. The molecule has 3 N–H and O–H groups in total. The third-order valence-electron chi connectivity index (χ3n) is 4.44. The van der Waals surface area contributed by atoms with Gasteiger partial charge in [-0.2, -0.15) is 14.4 Å². The van der Waals surface area contributed by atoms with E-state index in [1.807, 2.05) is 0 Å². The molecule has 0 amide bonds. The lowest BCUT2D eigenvalue weighted by Gasteiger charge is -2.08. The maximum absolute atomic E-state index is 13.2. The van der Waals surface area contributed by atoms with Crippen molar-refractivity contribution in [3.8, 4) is 0 Å². The maximum Gasteiger partial charge on any atom is 0.312 e. The topological polar surface area (TPSA) is 80.5 Å². The molecule has 0 unspecified atom stereocenters. The van der Waals surface area contributed by atoms with Crippen LogP contribution in [0.4, 0.5) is 10.2 Å². The van der Waals surface area contributed by atoms with E-state index < -0.39 is 6.08 Å². The van der Waals surface area contributed by atoms with Gasteiger partial charge >= 0.3 is 6.08 Å². The van der Waals surface area contributed by atoms with Gasteiger partial charge in [0.15, 0.2) is 11.5 Å².